The molecule has 0 amide bonds. The Bertz CT molecular complexity index is 349. The van der Waals surface area contributed by atoms with Gasteiger partial charge in [0.1, 0.15) is 0 Å². The number of aryl methyl sites for hydroxylation is 1. The summed E-state index contributed by atoms with van der Waals surface area (Å²) in [6.45, 7) is 7.59. The van der Waals surface area contributed by atoms with Crippen molar-refractivity contribution in [1.29, 1.82) is 0 Å². The van der Waals surface area contributed by atoms with E-state index in [9.17, 15) is 4.79 Å². The van der Waals surface area contributed by atoms with Gasteiger partial charge in [0.15, 0.2) is 0 Å². The molecule has 1 heterocycles. The van der Waals surface area contributed by atoms with Crippen LogP contribution >= 0.6 is 0 Å². The number of aromatic nitrogens is 1. The quantitative estimate of drug-likeness (QED) is 0.662. The molecular formula is C10H13NO. The van der Waals surface area contributed by atoms with Crippen LogP contribution in [0.1, 0.15) is 18.1 Å². The lowest BCUT2D eigenvalue weighted by molar-refractivity contribution is 1.08. The fourth-order valence-corrected chi connectivity index (χ4v) is 1.11. The molecule has 64 valence electrons. The molecule has 0 saturated heterocycles. The van der Waals surface area contributed by atoms with Crippen molar-refractivity contribution < 1.29 is 0 Å². The normalized spacial score (nSPS) is 9.83. The van der Waals surface area contributed by atoms with E-state index < -0.39 is 0 Å². The number of hydrogen-bond acceptors (Lipinski definition) is 1. The Morgan fingerprint density at radius 2 is 2.33 bits per heavy atom. The highest BCUT2D eigenvalue weighted by atomic mass is 16.1. The van der Waals surface area contributed by atoms with Gasteiger partial charge in [-0.25, -0.2) is 0 Å². The molecular weight excluding hydrogens is 150 g/mol. The largest absolute Gasteiger partial charge is 0.329 e. The molecule has 1 rings (SSSR count). The van der Waals surface area contributed by atoms with Crippen LogP contribution in [-0.2, 0) is 6.42 Å². The summed E-state index contributed by atoms with van der Waals surface area (Å²) in [4.78, 5) is 13.7. The molecule has 2 heteroatoms. The van der Waals surface area contributed by atoms with Crippen LogP contribution in [-0.4, -0.2) is 4.98 Å². The minimum absolute atomic E-state index is 0.0135. The first-order valence-electron chi connectivity index (χ1n) is 3.92. The average molecular weight is 163 g/mol. The van der Waals surface area contributed by atoms with E-state index in [2.05, 4.69) is 11.6 Å². The molecule has 0 aliphatic heterocycles. The summed E-state index contributed by atoms with van der Waals surface area (Å²) < 4.78 is 0. The number of H-pyrrole nitrogens is 1. The first-order valence-corrected chi connectivity index (χ1v) is 3.92. The van der Waals surface area contributed by atoms with Crippen LogP contribution in [0, 0.1) is 6.92 Å². The van der Waals surface area contributed by atoms with E-state index in [1.165, 1.54) is 0 Å². The third-order valence-electron chi connectivity index (χ3n) is 1.65. The van der Waals surface area contributed by atoms with Gasteiger partial charge in [0.25, 0.3) is 5.56 Å². The molecule has 0 aromatic carbocycles. The monoisotopic (exact) mass is 163 g/mol. The minimum Gasteiger partial charge on any atom is -0.329 e. The van der Waals surface area contributed by atoms with Gasteiger partial charge < -0.3 is 4.98 Å². The van der Waals surface area contributed by atoms with Crippen molar-refractivity contribution in [2.45, 2.75) is 20.3 Å². The van der Waals surface area contributed by atoms with E-state index in [0.29, 0.717) is 0 Å². The standard InChI is InChI=1S/C10H13NO/c1-7(2)4-9-5-8(3)10(12)11-6-9/h5-6H,1,4H2,2-3H3,(H,11,12). The lowest BCUT2D eigenvalue weighted by Crippen LogP contribution is -2.09. The maximum absolute atomic E-state index is 11.0. The number of allylic oxidation sites excluding steroid dienone is 1. The molecule has 0 aliphatic carbocycles. The number of nitrogens with one attached hydrogen (secondary N) is 1. The van der Waals surface area contributed by atoms with Crippen LogP contribution in [0.3, 0.4) is 0 Å². The van der Waals surface area contributed by atoms with Crippen LogP contribution in [0.15, 0.2) is 29.2 Å². The van der Waals surface area contributed by atoms with Gasteiger partial charge in [-0.05, 0) is 31.9 Å². The van der Waals surface area contributed by atoms with Gasteiger partial charge in [-0.2, -0.15) is 0 Å². The zero-order valence-electron chi connectivity index (χ0n) is 7.48. The molecule has 0 unspecified atom stereocenters. The van der Waals surface area contributed by atoms with Crippen molar-refractivity contribution in [2.75, 3.05) is 0 Å². The number of hydrogen-bond donors (Lipinski definition) is 1. The number of pyridine rings is 1. The van der Waals surface area contributed by atoms with Crippen molar-refractivity contribution in [3.05, 3.63) is 45.9 Å². The summed E-state index contributed by atoms with van der Waals surface area (Å²) in [6.07, 6.45) is 2.57. The highest BCUT2D eigenvalue weighted by molar-refractivity contribution is 5.20. The Morgan fingerprint density at radius 3 is 2.83 bits per heavy atom. The molecule has 0 atom stereocenters. The fraction of sp³-hybridized carbons (Fsp3) is 0.300. The van der Waals surface area contributed by atoms with E-state index in [-0.39, 0.29) is 5.56 Å². The molecule has 0 radical (unpaired) electrons. The molecule has 2 nitrogen and oxygen atoms in total. The Morgan fingerprint density at radius 1 is 1.67 bits per heavy atom. The van der Waals surface area contributed by atoms with Crippen LogP contribution in [0.25, 0.3) is 0 Å². The molecule has 0 spiro atoms. The molecule has 1 N–H and O–H groups in total. The smallest absolute Gasteiger partial charge is 0.250 e. The summed E-state index contributed by atoms with van der Waals surface area (Å²) >= 11 is 0. The molecule has 0 saturated carbocycles. The van der Waals surface area contributed by atoms with Crippen LogP contribution in [0.4, 0.5) is 0 Å². The SMILES string of the molecule is C=C(C)Cc1c[nH]c(=O)c(C)c1. The van der Waals surface area contributed by atoms with Crippen LogP contribution < -0.4 is 5.56 Å². The maximum Gasteiger partial charge on any atom is 0.250 e. The van der Waals surface area contributed by atoms with Gasteiger partial charge in [-0.15, -0.1) is 0 Å². The zero-order valence-corrected chi connectivity index (χ0v) is 7.48. The van der Waals surface area contributed by atoms with Gasteiger partial charge in [0, 0.05) is 11.8 Å². The van der Waals surface area contributed by atoms with Crippen molar-refractivity contribution in [1.82, 2.24) is 4.98 Å². The van der Waals surface area contributed by atoms with Crippen molar-refractivity contribution in [3.8, 4) is 0 Å². The highest BCUT2D eigenvalue weighted by Gasteiger charge is 1.96. The van der Waals surface area contributed by atoms with Crippen molar-refractivity contribution in [2.24, 2.45) is 0 Å². The van der Waals surface area contributed by atoms with E-state index in [0.717, 1.165) is 23.1 Å². The van der Waals surface area contributed by atoms with Gasteiger partial charge in [-0.1, -0.05) is 12.2 Å². The Hall–Kier alpha value is -1.31. The summed E-state index contributed by atoms with van der Waals surface area (Å²) in [5.74, 6) is 0. The Labute approximate surface area is 71.9 Å². The lowest BCUT2D eigenvalue weighted by atomic mass is 10.1. The third-order valence-corrected chi connectivity index (χ3v) is 1.65. The Balaban J connectivity index is 2.97. The second-order valence-electron chi connectivity index (χ2n) is 3.15. The third kappa shape index (κ3) is 2.09. The van der Waals surface area contributed by atoms with Gasteiger partial charge >= 0.3 is 0 Å². The van der Waals surface area contributed by atoms with Crippen LogP contribution in [0.2, 0.25) is 0 Å². The summed E-state index contributed by atoms with van der Waals surface area (Å²) in [7, 11) is 0. The van der Waals surface area contributed by atoms with E-state index in [1.807, 2.05) is 13.0 Å². The summed E-state index contributed by atoms with van der Waals surface area (Å²) in [5.41, 5.74) is 2.95. The molecule has 1 aromatic rings. The van der Waals surface area contributed by atoms with Crippen molar-refractivity contribution in [3.63, 3.8) is 0 Å². The molecule has 1 aromatic heterocycles. The topological polar surface area (TPSA) is 32.9 Å². The van der Waals surface area contributed by atoms with E-state index in [1.54, 1.807) is 13.1 Å². The second kappa shape index (κ2) is 3.39. The number of aromatic amines is 1. The lowest BCUT2D eigenvalue weighted by Gasteiger charge is -2.00. The molecule has 0 fully saturated rings. The Kier molecular flexibility index (Phi) is 2.48. The maximum atomic E-state index is 11.0. The first kappa shape index (κ1) is 8.78. The second-order valence-corrected chi connectivity index (χ2v) is 3.15. The van der Waals surface area contributed by atoms with Crippen LogP contribution in [0.5, 0.6) is 0 Å². The number of rotatable bonds is 2. The van der Waals surface area contributed by atoms with Gasteiger partial charge in [0.2, 0.25) is 0 Å². The van der Waals surface area contributed by atoms with Gasteiger partial charge in [0.05, 0.1) is 0 Å². The minimum atomic E-state index is -0.0135. The summed E-state index contributed by atoms with van der Waals surface area (Å²) in [5, 5.41) is 0. The van der Waals surface area contributed by atoms with E-state index in [4.69, 9.17) is 0 Å². The molecule has 0 bridgehead atoms. The predicted molar refractivity (Wildman–Crippen MR) is 50.3 cm³/mol. The van der Waals surface area contributed by atoms with Crippen molar-refractivity contribution >= 4 is 0 Å². The summed E-state index contributed by atoms with van der Waals surface area (Å²) in [6, 6.07) is 1.90. The average Bonchev–Trinajstić information content (AvgIpc) is 1.96. The first-order chi connectivity index (χ1) is 5.59. The van der Waals surface area contributed by atoms with E-state index >= 15 is 0 Å². The predicted octanol–water partition coefficient (Wildman–Crippen LogP) is 1.80. The van der Waals surface area contributed by atoms with Gasteiger partial charge in [-0.3, -0.25) is 4.79 Å². The highest BCUT2D eigenvalue weighted by Crippen LogP contribution is 2.03. The fourth-order valence-electron chi connectivity index (χ4n) is 1.11. The molecule has 0 aliphatic rings. The zero-order chi connectivity index (χ0) is 9.14. The molecule has 12 heavy (non-hydrogen) atoms.